The van der Waals surface area contributed by atoms with Crippen LogP contribution in [-0.2, 0) is 51.0 Å². The highest BCUT2D eigenvalue weighted by molar-refractivity contribution is 9.10. The first-order valence-electron chi connectivity index (χ1n) is 30.6. The van der Waals surface area contributed by atoms with Gasteiger partial charge >= 0.3 is 35.9 Å². The first-order valence-corrected chi connectivity index (χ1v) is 33.9. The average Bonchev–Trinajstić information content (AvgIpc) is 1.50. The van der Waals surface area contributed by atoms with E-state index in [1.165, 1.54) is 49.0 Å². The number of esters is 2. The molecule has 0 bridgehead atoms. The first kappa shape index (κ1) is 69.2. The monoisotopic (exact) mass is 1450 g/mol. The van der Waals surface area contributed by atoms with Crippen molar-refractivity contribution in [2.45, 2.75) is 61.9 Å². The number of hydrogen-bond donors (Lipinski definition) is 4. The number of nitrogens with one attached hydrogen (secondary N) is 2. The van der Waals surface area contributed by atoms with Gasteiger partial charge < -0.3 is 49.6 Å². The summed E-state index contributed by atoms with van der Waals surface area (Å²) in [6.07, 6.45) is 4.27. The van der Waals surface area contributed by atoms with E-state index in [1.807, 2.05) is 69.1 Å². The summed E-state index contributed by atoms with van der Waals surface area (Å²) < 4.78 is 36.5. The van der Waals surface area contributed by atoms with Crippen molar-refractivity contribution in [3.05, 3.63) is 183 Å². The summed E-state index contributed by atoms with van der Waals surface area (Å²) in [4.78, 5) is 107. The maximum Gasteiger partial charge on any atom is 0.338 e. The number of aliphatic carboxylic acids is 2. The summed E-state index contributed by atoms with van der Waals surface area (Å²) in [7, 11) is 5.89. The largest absolute Gasteiger partial charge is 0.481 e. The van der Waals surface area contributed by atoms with Crippen molar-refractivity contribution >= 4 is 121 Å². The van der Waals surface area contributed by atoms with Gasteiger partial charge in [-0.1, -0.05) is 75.5 Å². The van der Waals surface area contributed by atoms with E-state index in [0.29, 0.717) is 136 Å². The molecule has 4 aromatic carbocycles. The van der Waals surface area contributed by atoms with Crippen molar-refractivity contribution in [1.29, 1.82) is 0 Å². The fourth-order valence-electron chi connectivity index (χ4n) is 12.9. The number of amidine groups is 2. The smallest absolute Gasteiger partial charge is 0.338 e. The number of nitrogens with zero attached hydrogens (tertiary/aromatic N) is 10. The number of aliphatic imine (C=N–C) groups is 2. The molecule has 4 fully saturated rings. The number of carbonyl (C=O) groups is 6. The van der Waals surface area contributed by atoms with Crippen molar-refractivity contribution in [3.63, 3.8) is 0 Å². The predicted molar refractivity (Wildman–Crippen MR) is 363 cm³/mol. The zero-order valence-electron chi connectivity index (χ0n) is 52.5. The number of piperazine rings is 2. The first-order chi connectivity index (χ1) is 46.4. The molecule has 30 heteroatoms. The van der Waals surface area contributed by atoms with E-state index in [2.05, 4.69) is 46.3 Å². The molecule has 0 radical (unpaired) electrons. The molecule has 0 aliphatic carbocycles. The van der Waals surface area contributed by atoms with Gasteiger partial charge in [0.2, 0.25) is 0 Å². The van der Waals surface area contributed by atoms with Crippen LogP contribution in [-0.4, -0.2) is 206 Å². The number of anilines is 2. The molecule has 6 atom stereocenters. The summed E-state index contributed by atoms with van der Waals surface area (Å²) in [6.45, 7) is 4.08. The normalized spacial score (nSPS) is 21.2. The summed E-state index contributed by atoms with van der Waals surface area (Å²) in [5, 5.41) is 30.6. The highest BCUT2D eigenvalue weighted by atomic mass is 79.9. The van der Waals surface area contributed by atoms with E-state index in [0.717, 1.165) is 22.5 Å². The maximum absolute atomic E-state index is 14.1. The van der Waals surface area contributed by atoms with Crippen molar-refractivity contribution in [2.75, 3.05) is 104 Å². The van der Waals surface area contributed by atoms with Gasteiger partial charge in [-0.15, -0.1) is 22.7 Å². The van der Waals surface area contributed by atoms with Crippen LogP contribution in [0, 0.1) is 5.82 Å². The molecule has 0 unspecified atom stereocenters. The molecular formula is C66H68BrCl2FN12O12S2. The zero-order chi connectivity index (χ0) is 67.9. The fraction of sp³-hybridized carbons (Fsp3) is 0.364. The fourth-order valence-corrected chi connectivity index (χ4v) is 15.2. The minimum atomic E-state index is -0.858. The lowest BCUT2D eigenvalue weighted by Crippen LogP contribution is -2.61. The number of halogens is 4. The number of urea groups is 2. The van der Waals surface area contributed by atoms with E-state index >= 15 is 0 Å². The van der Waals surface area contributed by atoms with Crippen LogP contribution < -0.4 is 20.4 Å². The Hall–Kier alpha value is -8.19. The molecule has 12 rings (SSSR count). The number of carboxylic acids is 2. The van der Waals surface area contributed by atoms with E-state index in [9.17, 15) is 33.2 Å². The maximum atomic E-state index is 14.1. The minimum Gasteiger partial charge on any atom is -0.481 e. The van der Waals surface area contributed by atoms with Gasteiger partial charge in [-0.3, -0.25) is 39.2 Å². The SMILES string of the molecule is COC[C@@H]1[C@H]2CN(c3ccc(CCC(=O)O)cc3)C(=O)N2CCN1CC1=C(C(=O)OC)[C@H](c2ccc(Cl)cc2Cl)N=C(c2nccs2)N1.COC[C@@H]1[C@H]2CN(c3ccc(CCC(=O)O)cc3)C(=O)N2CCN1CC1=C(C(=O)OC)[C@H](c2ccc(F)cc2Br)N=C(c2nccs2)N1. The number of rotatable bonds is 22. The standard InChI is InChI=1S/C33H34BrFN6O6S.C33H34Cl2N6O6S/c1-46-18-26-25-17-41(21-7-3-19(4-8-21)5-10-27(42)43)33(45)40(25)13-12-39(26)16-24-28(32(44)47-2)29(22-9-6-20(35)15-23(22)34)38-30(37-24)31-36-11-14-48-31;1-46-18-26-25-17-41(21-7-3-19(4-8-21)5-10-27(42)43)33(45)40(25)13-12-39(26)16-24-28(32(44)47-2)29(22-9-6-20(34)15-23(22)35)38-30(37-24)31-36-11-14-48-31/h2*3-4,6-9,11,14-15,25-26,29H,5,10,12-13,16-18H2,1-2H3,(H,37,38)(H,42,43)/t2*25-,26-,29+/m11/s1. The van der Waals surface area contributed by atoms with Gasteiger partial charge in [0.1, 0.15) is 17.9 Å². The molecule has 0 spiro atoms. The topological polar surface area (TPSA) is 274 Å². The second-order valence-electron chi connectivity index (χ2n) is 23.2. The van der Waals surface area contributed by atoms with Crippen LogP contribution in [0.4, 0.5) is 25.4 Å². The van der Waals surface area contributed by atoms with Crippen LogP contribution in [0.2, 0.25) is 10.0 Å². The number of aryl methyl sites for hydroxylation is 2. The van der Waals surface area contributed by atoms with Crippen molar-refractivity contribution in [2.24, 2.45) is 9.98 Å². The molecule has 6 aromatic rings. The third-order valence-electron chi connectivity index (χ3n) is 17.6. The second kappa shape index (κ2) is 30.9. The van der Waals surface area contributed by atoms with E-state index in [1.54, 1.807) is 60.7 Å². The predicted octanol–water partition coefficient (Wildman–Crippen LogP) is 8.85. The molecule has 504 valence electrons. The Morgan fingerprint density at radius 3 is 1.47 bits per heavy atom. The van der Waals surface area contributed by atoms with E-state index in [4.69, 9.17) is 62.3 Å². The Kier molecular flexibility index (Phi) is 22.3. The zero-order valence-corrected chi connectivity index (χ0v) is 57.3. The molecule has 6 aliphatic rings. The number of carboxylic acid groups (broad SMARTS) is 2. The molecule has 8 heterocycles. The third-order valence-corrected chi connectivity index (χ3v) is 20.4. The van der Waals surface area contributed by atoms with Crippen LogP contribution in [0.1, 0.15) is 57.2 Å². The van der Waals surface area contributed by atoms with Gasteiger partial charge in [0.25, 0.3) is 0 Å². The molecule has 96 heavy (non-hydrogen) atoms. The van der Waals surface area contributed by atoms with Gasteiger partial charge in [0.05, 0.1) is 62.7 Å². The molecule has 2 aromatic heterocycles. The number of aromatic nitrogens is 2. The van der Waals surface area contributed by atoms with Gasteiger partial charge in [-0.05, 0) is 78.1 Å². The Labute approximate surface area is 578 Å². The summed E-state index contributed by atoms with van der Waals surface area (Å²) in [5.41, 5.74) is 6.20. The van der Waals surface area contributed by atoms with Gasteiger partial charge in [-0.25, -0.2) is 33.5 Å². The summed E-state index contributed by atoms with van der Waals surface area (Å²) >= 11 is 19.2. The number of methoxy groups -OCH3 is 4. The minimum absolute atomic E-state index is 0.0362. The van der Waals surface area contributed by atoms with Crippen LogP contribution in [0.15, 0.2) is 145 Å². The number of carbonyl (C=O) groups excluding carboxylic acids is 4. The number of amides is 4. The average molecular weight is 1460 g/mol. The third kappa shape index (κ3) is 15.2. The number of fused-ring (bicyclic) bond motifs is 2. The van der Waals surface area contributed by atoms with Gasteiger partial charge in [0, 0.05) is 145 Å². The lowest BCUT2D eigenvalue weighted by atomic mass is 9.94. The summed E-state index contributed by atoms with van der Waals surface area (Å²) in [6, 6.07) is 21.6. The second-order valence-corrected chi connectivity index (χ2v) is 26.7. The number of benzene rings is 4. The highest BCUT2D eigenvalue weighted by Gasteiger charge is 2.50. The van der Waals surface area contributed by atoms with Crippen molar-refractivity contribution in [3.8, 4) is 0 Å². The van der Waals surface area contributed by atoms with Gasteiger partial charge in [0.15, 0.2) is 21.7 Å². The molecule has 24 nitrogen and oxygen atoms in total. The Morgan fingerprint density at radius 2 is 1.07 bits per heavy atom. The van der Waals surface area contributed by atoms with Crippen LogP contribution in [0.25, 0.3) is 0 Å². The van der Waals surface area contributed by atoms with E-state index in [-0.39, 0.29) is 61.2 Å². The van der Waals surface area contributed by atoms with Crippen molar-refractivity contribution < 1.29 is 62.3 Å². The van der Waals surface area contributed by atoms with Crippen molar-refractivity contribution in [1.82, 2.24) is 40.2 Å². The Morgan fingerprint density at radius 1 is 0.625 bits per heavy atom. The van der Waals surface area contributed by atoms with E-state index < -0.39 is 41.8 Å². The lowest BCUT2D eigenvalue weighted by Gasteiger charge is -2.44. The molecule has 4 amide bonds. The number of hydrogen-bond acceptors (Lipinski definition) is 20. The molecule has 4 N–H and O–H groups in total. The molecular weight excluding hydrogens is 1390 g/mol. The summed E-state index contributed by atoms with van der Waals surface area (Å²) in [5.74, 6) is -2.29. The Balaban J connectivity index is 0.000000195. The Bertz CT molecular complexity index is 3760. The van der Waals surface area contributed by atoms with Gasteiger partial charge in [-0.2, -0.15) is 0 Å². The molecule has 6 aliphatic heterocycles. The number of thiazole rings is 2. The molecule has 0 saturated carbocycles. The lowest BCUT2D eigenvalue weighted by molar-refractivity contribution is -0.138. The highest BCUT2D eigenvalue weighted by Crippen LogP contribution is 2.41. The quantitative estimate of drug-likeness (QED) is 0.0462. The molecule has 4 saturated heterocycles. The number of ether oxygens (including phenoxy) is 4. The van der Waals surface area contributed by atoms with Crippen LogP contribution in [0.5, 0.6) is 0 Å². The van der Waals surface area contributed by atoms with Crippen LogP contribution in [0.3, 0.4) is 0 Å². The van der Waals surface area contributed by atoms with Crippen LogP contribution >= 0.6 is 61.8 Å².